The Hall–Kier alpha value is -1.12. The van der Waals surface area contributed by atoms with Crippen molar-refractivity contribution in [2.75, 3.05) is 6.61 Å². The summed E-state index contributed by atoms with van der Waals surface area (Å²) in [6.07, 6.45) is -3.59. The number of rotatable bonds is 4. The second-order valence-corrected chi connectivity index (χ2v) is 5.15. The molecule has 0 aromatic heterocycles. The molecule has 1 saturated heterocycles. The lowest BCUT2D eigenvalue weighted by atomic mass is 9.91. The minimum absolute atomic E-state index is 0.0578. The van der Waals surface area contributed by atoms with E-state index in [2.05, 4.69) is 4.99 Å². The topological polar surface area (TPSA) is 120 Å². The van der Waals surface area contributed by atoms with Crippen LogP contribution in [0.25, 0.3) is 0 Å². The molecule has 20 heavy (non-hydrogen) atoms. The molecule has 2 rings (SSSR count). The summed E-state index contributed by atoms with van der Waals surface area (Å²) in [4.78, 5) is 15.3. The average Bonchev–Trinajstić information content (AvgIpc) is 2.88. The Balaban J connectivity index is 1.98. The summed E-state index contributed by atoms with van der Waals surface area (Å²) >= 11 is 0. The molecule has 1 fully saturated rings. The van der Waals surface area contributed by atoms with Crippen molar-refractivity contribution < 1.29 is 30.0 Å². The first-order valence-corrected chi connectivity index (χ1v) is 6.50. The standard InChI is InChI=1S/C13H19NO6/c1-6(16)7-2-8(14-4-7)3-9-11(17)13(19)12(18)10(5-15)20-9/h4,9-13,15,17-19H,2-3,5H2,1H3. The van der Waals surface area contributed by atoms with Crippen molar-refractivity contribution in [3.8, 4) is 0 Å². The van der Waals surface area contributed by atoms with E-state index in [1.807, 2.05) is 0 Å². The van der Waals surface area contributed by atoms with E-state index in [0.717, 1.165) is 0 Å². The molecular weight excluding hydrogens is 266 g/mol. The number of aliphatic hydroxyl groups excluding tert-OH is 4. The van der Waals surface area contributed by atoms with Crippen LogP contribution in [0.2, 0.25) is 0 Å². The third kappa shape index (κ3) is 2.97. The molecule has 0 bridgehead atoms. The van der Waals surface area contributed by atoms with Crippen LogP contribution in [0.4, 0.5) is 0 Å². The van der Waals surface area contributed by atoms with Crippen molar-refractivity contribution in [1.82, 2.24) is 0 Å². The van der Waals surface area contributed by atoms with Gasteiger partial charge in [0.15, 0.2) is 5.78 Å². The fourth-order valence-electron chi connectivity index (χ4n) is 2.40. The van der Waals surface area contributed by atoms with Crippen LogP contribution < -0.4 is 0 Å². The maximum Gasteiger partial charge on any atom is 0.157 e. The summed E-state index contributed by atoms with van der Waals surface area (Å²) in [5.41, 5.74) is 1.25. The van der Waals surface area contributed by atoms with Gasteiger partial charge in [-0.25, -0.2) is 0 Å². The molecule has 0 aliphatic carbocycles. The van der Waals surface area contributed by atoms with Crippen molar-refractivity contribution in [3.63, 3.8) is 0 Å². The van der Waals surface area contributed by atoms with E-state index in [0.29, 0.717) is 17.7 Å². The zero-order chi connectivity index (χ0) is 14.9. The van der Waals surface area contributed by atoms with Crippen LogP contribution in [0.3, 0.4) is 0 Å². The molecule has 0 amide bonds. The Morgan fingerprint density at radius 2 is 1.95 bits per heavy atom. The number of hydrogen-bond donors (Lipinski definition) is 4. The molecule has 0 radical (unpaired) electrons. The lowest BCUT2D eigenvalue weighted by Crippen LogP contribution is -2.58. The smallest absolute Gasteiger partial charge is 0.157 e. The Morgan fingerprint density at radius 1 is 1.30 bits per heavy atom. The van der Waals surface area contributed by atoms with Gasteiger partial charge in [-0.2, -0.15) is 0 Å². The van der Waals surface area contributed by atoms with Crippen LogP contribution in [0.1, 0.15) is 19.8 Å². The molecular formula is C13H19NO6. The number of Topliss-reactive ketones (excluding diaryl/α,β-unsaturated/α-hetero) is 1. The highest BCUT2D eigenvalue weighted by Gasteiger charge is 2.43. The Labute approximate surface area is 116 Å². The molecule has 7 nitrogen and oxygen atoms in total. The van der Waals surface area contributed by atoms with E-state index in [1.165, 1.54) is 13.1 Å². The third-order valence-electron chi connectivity index (χ3n) is 3.68. The van der Waals surface area contributed by atoms with Crippen LogP contribution >= 0.6 is 0 Å². The Kier molecular flexibility index (Phi) is 4.66. The molecule has 0 aromatic carbocycles. The molecule has 5 unspecified atom stereocenters. The molecule has 0 spiro atoms. The maximum absolute atomic E-state index is 11.2. The van der Waals surface area contributed by atoms with Gasteiger partial charge in [-0.1, -0.05) is 0 Å². The molecule has 4 N–H and O–H groups in total. The number of ketones is 1. The van der Waals surface area contributed by atoms with E-state index < -0.39 is 37.1 Å². The van der Waals surface area contributed by atoms with E-state index >= 15 is 0 Å². The summed E-state index contributed by atoms with van der Waals surface area (Å²) in [5, 5.41) is 38.4. The van der Waals surface area contributed by atoms with Gasteiger partial charge >= 0.3 is 0 Å². The fourth-order valence-corrected chi connectivity index (χ4v) is 2.40. The van der Waals surface area contributed by atoms with Gasteiger partial charge in [0.25, 0.3) is 0 Å². The molecule has 0 saturated carbocycles. The lowest BCUT2D eigenvalue weighted by Gasteiger charge is -2.40. The minimum atomic E-state index is -1.38. The van der Waals surface area contributed by atoms with Crippen molar-refractivity contribution in [1.29, 1.82) is 0 Å². The SMILES string of the molecule is CC(=O)C1=CN=C(CC2OC(CO)C(O)C(O)C2O)C1. The first-order chi connectivity index (χ1) is 9.43. The first-order valence-electron chi connectivity index (χ1n) is 6.50. The van der Waals surface area contributed by atoms with Gasteiger partial charge in [-0.15, -0.1) is 0 Å². The fraction of sp³-hybridized carbons (Fsp3) is 0.692. The number of nitrogens with zero attached hydrogens (tertiary/aromatic N) is 1. The molecule has 2 aliphatic rings. The van der Waals surface area contributed by atoms with Crippen LogP contribution in [0.15, 0.2) is 16.8 Å². The normalized spacial score (nSPS) is 37.5. The monoisotopic (exact) mass is 285 g/mol. The van der Waals surface area contributed by atoms with Gasteiger partial charge in [-0.3, -0.25) is 9.79 Å². The summed E-state index contributed by atoms with van der Waals surface area (Å²) in [5.74, 6) is -0.0578. The predicted molar refractivity (Wildman–Crippen MR) is 69.2 cm³/mol. The summed E-state index contributed by atoms with van der Waals surface area (Å²) in [6, 6.07) is 0. The van der Waals surface area contributed by atoms with Gasteiger partial charge in [-0.05, 0) is 6.92 Å². The number of aliphatic imine (C=N–C) groups is 1. The summed E-state index contributed by atoms with van der Waals surface area (Å²) in [7, 11) is 0. The van der Waals surface area contributed by atoms with E-state index in [-0.39, 0.29) is 12.2 Å². The zero-order valence-electron chi connectivity index (χ0n) is 11.1. The molecule has 2 heterocycles. The van der Waals surface area contributed by atoms with Crippen LogP contribution in [-0.4, -0.2) is 69.0 Å². The molecule has 5 atom stereocenters. The highest BCUT2D eigenvalue weighted by atomic mass is 16.5. The lowest BCUT2D eigenvalue weighted by molar-refractivity contribution is -0.227. The van der Waals surface area contributed by atoms with Gasteiger partial charge in [0, 0.05) is 30.3 Å². The maximum atomic E-state index is 11.2. The molecule has 7 heteroatoms. The van der Waals surface area contributed by atoms with Gasteiger partial charge in [0.1, 0.15) is 24.4 Å². The Bertz CT molecular complexity index is 444. The van der Waals surface area contributed by atoms with Crippen LogP contribution in [0, 0.1) is 0 Å². The second-order valence-electron chi connectivity index (χ2n) is 5.15. The molecule has 2 aliphatic heterocycles. The van der Waals surface area contributed by atoms with Crippen molar-refractivity contribution in [2.45, 2.75) is 50.3 Å². The van der Waals surface area contributed by atoms with Crippen molar-refractivity contribution >= 4 is 11.5 Å². The van der Waals surface area contributed by atoms with Crippen LogP contribution in [-0.2, 0) is 9.53 Å². The van der Waals surface area contributed by atoms with Crippen molar-refractivity contribution in [2.24, 2.45) is 4.99 Å². The van der Waals surface area contributed by atoms with E-state index in [9.17, 15) is 20.1 Å². The van der Waals surface area contributed by atoms with E-state index in [4.69, 9.17) is 9.84 Å². The number of aliphatic hydroxyl groups is 4. The van der Waals surface area contributed by atoms with Gasteiger partial charge in [0.2, 0.25) is 0 Å². The highest BCUT2D eigenvalue weighted by molar-refractivity contribution is 6.03. The summed E-state index contributed by atoms with van der Waals surface area (Å²) in [6.45, 7) is 1.00. The van der Waals surface area contributed by atoms with Gasteiger partial charge in [0.05, 0.1) is 12.7 Å². The highest BCUT2D eigenvalue weighted by Crippen LogP contribution is 2.26. The van der Waals surface area contributed by atoms with E-state index in [1.54, 1.807) is 0 Å². The first kappa shape index (κ1) is 15.3. The zero-order valence-corrected chi connectivity index (χ0v) is 11.1. The molecule has 112 valence electrons. The second kappa shape index (κ2) is 6.11. The molecule has 0 aromatic rings. The number of ether oxygens (including phenoxy) is 1. The van der Waals surface area contributed by atoms with Crippen molar-refractivity contribution in [3.05, 3.63) is 11.8 Å². The average molecular weight is 285 g/mol. The van der Waals surface area contributed by atoms with Gasteiger partial charge < -0.3 is 25.2 Å². The summed E-state index contributed by atoms with van der Waals surface area (Å²) < 4.78 is 5.39. The number of allylic oxidation sites excluding steroid dienone is 1. The number of hydrogen-bond acceptors (Lipinski definition) is 7. The minimum Gasteiger partial charge on any atom is -0.394 e. The number of carbonyl (C=O) groups is 1. The Morgan fingerprint density at radius 3 is 2.50 bits per heavy atom. The largest absolute Gasteiger partial charge is 0.394 e. The quantitative estimate of drug-likeness (QED) is 0.501. The number of carbonyl (C=O) groups excluding carboxylic acids is 1. The predicted octanol–water partition coefficient (Wildman–Crippen LogP) is -1.46. The third-order valence-corrected chi connectivity index (χ3v) is 3.68. The van der Waals surface area contributed by atoms with Crippen LogP contribution in [0.5, 0.6) is 0 Å².